The molecule has 2 aromatic heterocycles. The molecule has 0 atom stereocenters. The van der Waals surface area contributed by atoms with Crippen molar-refractivity contribution in [3.8, 4) is 0 Å². The Labute approximate surface area is 195 Å². The van der Waals surface area contributed by atoms with E-state index < -0.39 is 0 Å². The first-order valence-electron chi connectivity index (χ1n) is 10.2. The van der Waals surface area contributed by atoms with E-state index in [9.17, 15) is 4.79 Å². The predicted octanol–water partition coefficient (Wildman–Crippen LogP) is 3.49. The minimum atomic E-state index is -0.288. The molecule has 4 N–H and O–H groups in total. The normalized spacial score (nSPS) is 13.8. The van der Waals surface area contributed by atoms with Crippen LogP contribution in [-0.4, -0.2) is 47.2 Å². The van der Waals surface area contributed by atoms with Crippen LogP contribution in [0.25, 0.3) is 0 Å². The Kier molecular flexibility index (Phi) is 6.85. The van der Waals surface area contributed by atoms with Crippen LogP contribution in [0.1, 0.15) is 26.8 Å². The zero-order chi connectivity index (χ0) is 22.7. The molecule has 0 saturated carbocycles. The van der Waals surface area contributed by atoms with Gasteiger partial charge in [0.15, 0.2) is 5.13 Å². The van der Waals surface area contributed by atoms with E-state index in [2.05, 4.69) is 30.5 Å². The summed E-state index contributed by atoms with van der Waals surface area (Å²) >= 11 is 7.51. The molecule has 3 aromatic rings. The fourth-order valence-corrected chi connectivity index (χ4v) is 4.50. The maximum absolute atomic E-state index is 12.9. The van der Waals surface area contributed by atoms with E-state index in [-0.39, 0.29) is 12.5 Å². The lowest BCUT2D eigenvalue weighted by Gasteiger charge is -2.28. The molecule has 0 unspecified atom stereocenters. The van der Waals surface area contributed by atoms with Crippen molar-refractivity contribution in [2.75, 3.05) is 41.8 Å². The summed E-state index contributed by atoms with van der Waals surface area (Å²) in [6.07, 6.45) is 0. The van der Waals surface area contributed by atoms with Gasteiger partial charge in [-0.05, 0) is 25.5 Å². The number of nitrogens with one attached hydrogen (secondary N) is 2. The van der Waals surface area contributed by atoms with Gasteiger partial charge in [0.1, 0.15) is 22.3 Å². The van der Waals surface area contributed by atoms with Crippen LogP contribution in [0.2, 0.25) is 5.02 Å². The lowest BCUT2D eigenvalue weighted by atomic mass is 10.1. The number of thiazole rings is 1. The molecule has 1 aromatic carbocycles. The van der Waals surface area contributed by atoms with Crippen molar-refractivity contribution >= 4 is 51.3 Å². The highest BCUT2D eigenvalue weighted by atomic mass is 35.5. The van der Waals surface area contributed by atoms with Crippen LogP contribution in [0.3, 0.4) is 0 Å². The molecule has 1 fully saturated rings. The number of rotatable bonds is 6. The van der Waals surface area contributed by atoms with Crippen molar-refractivity contribution < 1.29 is 9.53 Å². The summed E-state index contributed by atoms with van der Waals surface area (Å²) in [6.45, 7) is 6.81. The number of anilines is 4. The highest BCUT2D eigenvalue weighted by Gasteiger charge is 2.19. The van der Waals surface area contributed by atoms with Gasteiger partial charge in [-0.25, -0.2) is 15.0 Å². The summed E-state index contributed by atoms with van der Waals surface area (Å²) in [5.41, 5.74) is 7.67. The Hall–Kier alpha value is -2.79. The van der Waals surface area contributed by atoms with Gasteiger partial charge in [0.2, 0.25) is 0 Å². The summed E-state index contributed by atoms with van der Waals surface area (Å²) in [6, 6.07) is 7.23. The van der Waals surface area contributed by atoms with Crippen molar-refractivity contribution in [2.24, 2.45) is 5.73 Å². The van der Waals surface area contributed by atoms with Crippen molar-refractivity contribution in [2.45, 2.75) is 20.4 Å². The van der Waals surface area contributed by atoms with Crippen LogP contribution < -0.4 is 21.3 Å². The minimum Gasteiger partial charge on any atom is -0.378 e. The second-order valence-electron chi connectivity index (χ2n) is 7.25. The number of nitrogens with zero attached hydrogens (tertiary/aromatic N) is 4. The fraction of sp³-hybridized carbons (Fsp3) is 0.333. The molecule has 1 aliphatic heterocycles. The number of ether oxygens (including phenoxy) is 1. The molecule has 1 saturated heterocycles. The molecule has 11 heteroatoms. The van der Waals surface area contributed by atoms with E-state index in [1.165, 1.54) is 11.3 Å². The summed E-state index contributed by atoms with van der Waals surface area (Å²) in [7, 11) is 0. The Morgan fingerprint density at radius 3 is 2.78 bits per heavy atom. The molecule has 0 bridgehead atoms. The van der Waals surface area contributed by atoms with Gasteiger partial charge >= 0.3 is 0 Å². The van der Waals surface area contributed by atoms with Crippen molar-refractivity contribution in [3.05, 3.63) is 51.2 Å². The molecular formula is C21H24ClN7O2S. The monoisotopic (exact) mass is 473 g/mol. The van der Waals surface area contributed by atoms with Crippen LogP contribution in [0, 0.1) is 13.8 Å². The number of aryl methyl sites for hydroxylation is 2. The third-order valence-electron chi connectivity index (χ3n) is 4.96. The average molecular weight is 474 g/mol. The highest BCUT2D eigenvalue weighted by Crippen LogP contribution is 2.30. The number of benzene rings is 1. The number of hydrogen-bond donors (Lipinski definition) is 3. The summed E-state index contributed by atoms with van der Waals surface area (Å²) in [4.78, 5) is 29.1. The number of hydrogen-bond acceptors (Lipinski definition) is 9. The molecule has 168 valence electrons. The van der Waals surface area contributed by atoms with E-state index in [1.807, 2.05) is 19.1 Å². The van der Waals surface area contributed by atoms with Crippen LogP contribution in [0.15, 0.2) is 24.3 Å². The second-order valence-corrected chi connectivity index (χ2v) is 8.66. The first-order chi connectivity index (χ1) is 15.4. The predicted molar refractivity (Wildman–Crippen MR) is 127 cm³/mol. The maximum Gasteiger partial charge on any atom is 0.267 e. The SMILES string of the molecule is Cc1nc(Nc2nc(C)c(C(=O)Nc3c(Cl)cccc3CN)s2)cc(N2CCOCC2)n1. The number of carbonyl (C=O) groups excluding carboxylic acids is 1. The van der Waals surface area contributed by atoms with Gasteiger partial charge in [0, 0.05) is 25.7 Å². The van der Waals surface area contributed by atoms with Crippen molar-refractivity contribution in [1.29, 1.82) is 0 Å². The van der Waals surface area contributed by atoms with Crippen molar-refractivity contribution in [3.63, 3.8) is 0 Å². The van der Waals surface area contributed by atoms with Crippen LogP contribution in [0.5, 0.6) is 0 Å². The summed E-state index contributed by atoms with van der Waals surface area (Å²) in [5.74, 6) is 1.82. The first-order valence-corrected chi connectivity index (χ1v) is 11.4. The smallest absolute Gasteiger partial charge is 0.267 e. The molecule has 3 heterocycles. The van der Waals surface area contributed by atoms with Gasteiger partial charge in [-0.2, -0.15) is 0 Å². The molecule has 9 nitrogen and oxygen atoms in total. The standard InChI is InChI=1S/C21H24ClN7O2S/c1-12-19(20(30)28-18-14(11-23)4-3-5-15(18)22)32-21(24-12)27-16-10-17(26-13(2)25-16)29-6-8-31-9-7-29/h3-5,10H,6-9,11,23H2,1-2H3,(H,28,30)(H,24,25,26,27). The summed E-state index contributed by atoms with van der Waals surface area (Å²) < 4.78 is 5.42. The molecule has 32 heavy (non-hydrogen) atoms. The second kappa shape index (κ2) is 9.78. The Morgan fingerprint density at radius 2 is 2.03 bits per heavy atom. The minimum absolute atomic E-state index is 0.267. The zero-order valence-corrected chi connectivity index (χ0v) is 19.4. The van der Waals surface area contributed by atoms with Gasteiger partial charge in [-0.1, -0.05) is 35.1 Å². The molecule has 1 amide bonds. The van der Waals surface area contributed by atoms with Gasteiger partial charge in [0.25, 0.3) is 5.91 Å². The highest BCUT2D eigenvalue weighted by molar-refractivity contribution is 7.17. The number of amides is 1. The Morgan fingerprint density at radius 1 is 1.25 bits per heavy atom. The van der Waals surface area contributed by atoms with E-state index >= 15 is 0 Å². The molecule has 4 rings (SSSR count). The molecule has 0 aliphatic carbocycles. The lowest BCUT2D eigenvalue weighted by Crippen LogP contribution is -2.36. The molecule has 0 spiro atoms. The van der Waals surface area contributed by atoms with Gasteiger partial charge in [-0.15, -0.1) is 0 Å². The molecular weight excluding hydrogens is 450 g/mol. The summed E-state index contributed by atoms with van der Waals surface area (Å²) in [5, 5.41) is 7.09. The van der Waals surface area contributed by atoms with Crippen molar-refractivity contribution in [1.82, 2.24) is 15.0 Å². The topological polar surface area (TPSA) is 118 Å². The largest absolute Gasteiger partial charge is 0.378 e. The number of morpholine rings is 1. The number of nitrogens with two attached hydrogens (primary N) is 1. The Balaban J connectivity index is 1.53. The average Bonchev–Trinajstić information content (AvgIpc) is 3.15. The maximum atomic E-state index is 12.9. The quantitative estimate of drug-likeness (QED) is 0.497. The lowest BCUT2D eigenvalue weighted by molar-refractivity contribution is 0.102. The van der Waals surface area contributed by atoms with E-state index in [0.29, 0.717) is 51.3 Å². The van der Waals surface area contributed by atoms with Crippen LogP contribution in [-0.2, 0) is 11.3 Å². The molecule has 0 radical (unpaired) electrons. The van der Waals surface area contributed by atoms with Crippen LogP contribution in [0.4, 0.5) is 22.5 Å². The van der Waals surface area contributed by atoms with Gasteiger partial charge in [-0.3, -0.25) is 4.79 Å². The number of para-hydroxylation sites is 1. The van der Waals surface area contributed by atoms with Gasteiger partial charge in [0.05, 0.1) is 29.6 Å². The Bertz CT molecular complexity index is 1130. The number of halogens is 1. The van der Waals surface area contributed by atoms with Crippen LogP contribution >= 0.6 is 22.9 Å². The number of carbonyl (C=O) groups is 1. The fourth-order valence-electron chi connectivity index (χ4n) is 3.39. The van der Waals surface area contributed by atoms with Gasteiger partial charge < -0.3 is 26.0 Å². The number of aromatic nitrogens is 3. The zero-order valence-electron chi connectivity index (χ0n) is 17.8. The van der Waals surface area contributed by atoms with E-state index in [0.717, 1.165) is 24.5 Å². The van der Waals surface area contributed by atoms with E-state index in [4.69, 9.17) is 22.1 Å². The third kappa shape index (κ3) is 4.99. The molecule has 1 aliphatic rings. The first kappa shape index (κ1) is 22.4. The third-order valence-corrected chi connectivity index (χ3v) is 6.34. The van der Waals surface area contributed by atoms with E-state index in [1.54, 1.807) is 19.1 Å².